The van der Waals surface area contributed by atoms with Crippen molar-refractivity contribution in [1.29, 1.82) is 0 Å². The van der Waals surface area contributed by atoms with E-state index in [0.29, 0.717) is 12.5 Å². The molecule has 1 aromatic carbocycles. The maximum absolute atomic E-state index is 5.90. The minimum atomic E-state index is -0.297. The molecule has 0 fully saturated rings. The summed E-state index contributed by atoms with van der Waals surface area (Å²) in [6.45, 7) is 4.51. The lowest BCUT2D eigenvalue weighted by Crippen LogP contribution is -2.39. The molecule has 0 radical (unpaired) electrons. The van der Waals surface area contributed by atoms with Gasteiger partial charge in [0.05, 0.1) is 7.11 Å². The molecule has 0 aliphatic rings. The number of nitrogens with zero attached hydrogens (tertiary/aromatic N) is 2. The van der Waals surface area contributed by atoms with Gasteiger partial charge in [0.25, 0.3) is 0 Å². The number of anilines is 1. The first kappa shape index (κ1) is 14.3. The molecule has 0 atom stereocenters. The van der Waals surface area contributed by atoms with Crippen LogP contribution >= 0.6 is 0 Å². The molecule has 5 heteroatoms. The van der Waals surface area contributed by atoms with Crippen molar-refractivity contribution in [2.75, 3.05) is 19.0 Å². The van der Waals surface area contributed by atoms with Crippen molar-refractivity contribution < 1.29 is 4.74 Å². The van der Waals surface area contributed by atoms with E-state index in [0.717, 1.165) is 16.9 Å². The molecule has 0 spiro atoms. The summed E-state index contributed by atoms with van der Waals surface area (Å²) >= 11 is 0. The molecule has 0 saturated carbocycles. The number of benzene rings is 1. The maximum Gasteiger partial charge on any atom is 0.222 e. The molecule has 2 rings (SSSR count). The first-order valence-electron chi connectivity index (χ1n) is 6.47. The Morgan fingerprint density at radius 3 is 2.50 bits per heavy atom. The summed E-state index contributed by atoms with van der Waals surface area (Å²) in [5.41, 5.74) is 7.58. The summed E-state index contributed by atoms with van der Waals surface area (Å²) in [4.78, 5) is 8.59. The second kappa shape index (κ2) is 5.88. The van der Waals surface area contributed by atoms with E-state index >= 15 is 0 Å². The lowest BCUT2D eigenvalue weighted by molar-refractivity contribution is 0.415. The summed E-state index contributed by atoms with van der Waals surface area (Å²) < 4.78 is 5.21. The molecule has 0 aliphatic carbocycles. The molecule has 20 heavy (non-hydrogen) atoms. The van der Waals surface area contributed by atoms with Crippen LogP contribution in [0.2, 0.25) is 0 Å². The Morgan fingerprint density at radius 1 is 1.20 bits per heavy atom. The predicted molar refractivity (Wildman–Crippen MR) is 80.8 cm³/mol. The second-order valence-electron chi connectivity index (χ2n) is 5.37. The van der Waals surface area contributed by atoms with E-state index in [9.17, 15) is 0 Å². The summed E-state index contributed by atoms with van der Waals surface area (Å²) in [7, 11) is 1.65. The molecule has 3 N–H and O–H groups in total. The minimum absolute atomic E-state index is 0.297. The van der Waals surface area contributed by atoms with E-state index in [4.69, 9.17) is 10.5 Å². The third kappa shape index (κ3) is 3.93. The second-order valence-corrected chi connectivity index (χ2v) is 5.37. The van der Waals surface area contributed by atoms with Gasteiger partial charge in [-0.05, 0) is 31.5 Å². The van der Waals surface area contributed by atoms with Crippen molar-refractivity contribution in [1.82, 2.24) is 9.97 Å². The summed E-state index contributed by atoms with van der Waals surface area (Å²) in [5.74, 6) is 1.39. The van der Waals surface area contributed by atoms with Crippen LogP contribution < -0.4 is 15.8 Å². The van der Waals surface area contributed by atoms with Crippen LogP contribution in [0, 0.1) is 0 Å². The highest BCUT2D eigenvalue weighted by Crippen LogP contribution is 2.22. The van der Waals surface area contributed by atoms with Crippen LogP contribution in [0.3, 0.4) is 0 Å². The Kier molecular flexibility index (Phi) is 4.20. The van der Waals surface area contributed by atoms with E-state index in [-0.39, 0.29) is 5.54 Å². The third-order valence-corrected chi connectivity index (χ3v) is 2.76. The smallest absolute Gasteiger partial charge is 0.222 e. The molecular formula is C15H20N4O. The van der Waals surface area contributed by atoms with Gasteiger partial charge in [0.2, 0.25) is 5.95 Å². The molecule has 106 valence electrons. The molecule has 0 bridgehead atoms. The van der Waals surface area contributed by atoms with E-state index < -0.39 is 0 Å². The summed E-state index contributed by atoms with van der Waals surface area (Å²) in [6.07, 6.45) is 3.57. The Hall–Kier alpha value is -2.14. The van der Waals surface area contributed by atoms with Gasteiger partial charge in [-0.15, -0.1) is 0 Å². The van der Waals surface area contributed by atoms with Gasteiger partial charge in [-0.2, -0.15) is 0 Å². The Balaban J connectivity index is 2.11. The van der Waals surface area contributed by atoms with Crippen LogP contribution in [-0.2, 0) is 0 Å². The van der Waals surface area contributed by atoms with Crippen molar-refractivity contribution in [3.63, 3.8) is 0 Å². The zero-order chi connectivity index (χ0) is 14.6. The molecule has 0 aliphatic heterocycles. The molecule has 1 aromatic heterocycles. The van der Waals surface area contributed by atoms with Gasteiger partial charge in [0, 0.05) is 30.0 Å². The van der Waals surface area contributed by atoms with Crippen LogP contribution in [0.25, 0.3) is 11.1 Å². The highest BCUT2D eigenvalue weighted by molar-refractivity contribution is 5.63. The Labute approximate surface area is 119 Å². The molecular weight excluding hydrogens is 252 g/mol. The van der Waals surface area contributed by atoms with Gasteiger partial charge in [-0.3, -0.25) is 0 Å². The van der Waals surface area contributed by atoms with E-state index in [2.05, 4.69) is 15.3 Å². The van der Waals surface area contributed by atoms with Crippen LogP contribution in [-0.4, -0.2) is 29.2 Å². The van der Waals surface area contributed by atoms with Gasteiger partial charge < -0.3 is 15.8 Å². The van der Waals surface area contributed by atoms with Gasteiger partial charge in [0.1, 0.15) is 5.75 Å². The van der Waals surface area contributed by atoms with Gasteiger partial charge in [0.15, 0.2) is 0 Å². The zero-order valence-electron chi connectivity index (χ0n) is 12.1. The van der Waals surface area contributed by atoms with Crippen LogP contribution in [0.1, 0.15) is 13.8 Å². The van der Waals surface area contributed by atoms with Crippen molar-refractivity contribution in [2.24, 2.45) is 5.73 Å². The van der Waals surface area contributed by atoms with Crippen LogP contribution in [0.15, 0.2) is 36.7 Å². The van der Waals surface area contributed by atoms with Gasteiger partial charge in [-0.1, -0.05) is 12.1 Å². The van der Waals surface area contributed by atoms with Crippen molar-refractivity contribution in [3.05, 3.63) is 36.7 Å². The van der Waals surface area contributed by atoms with Crippen molar-refractivity contribution >= 4 is 5.95 Å². The number of aromatic nitrogens is 2. The number of nitrogens with one attached hydrogen (secondary N) is 1. The number of hydrogen-bond acceptors (Lipinski definition) is 5. The average Bonchev–Trinajstić information content (AvgIpc) is 2.45. The largest absolute Gasteiger partial charge is 0.497 e. The highest BCUT2D eigenvalue weighted by atomic mass is 16.5. The maximum atomic E-state index is 5.90. The van der Waals surface area contributed by atoms with Gasteiger partial charge >= 0.3 is 0 Å². The monoisotopic (exact) mass is 272 g/mol. The molecule has 5 nitrogen and oxygen atoms in total. The molecule has 1 heterocycles. The molecule has 0 unspecified atom stereocenters. The number of hydrogen-bond donors (Lipinski definition) is 2. The quantitative estimate of drug-likeness (QED) is 0.873. The molecule has 0 saturated heterocycles. The van der Waals surface area contributed by atoms with Crippen LogP contribution in [0.5, 0.6) is 5.75 Å². The third-order valence-electron chi connectivity index (χ3n) is 2.76. The normalized spacial score (nSPS) is 11.2. The van der Waals surface area contributed by atoms with Gasteiger partial charge in [-0.25, -0.2) is 9.97 Å². The van der Waals surface area contributed by atoms with Crippen molar-refractivity contribution in [3.8, 4) is 16.9 Å². The Bertz CT molecular complexity index is 561. The number of ether oxygens (including phenoxy) is 1. The topological polar surface area (TPSA) is 73.1 Å². The van der Waals surface area contributed by atoms with Crippen molar-refractivity contribution in [2.45, 2.75) is 19.4 Å². The lowest BCUT2D eigenvalue weighted by atomic mass is 10.1. The summed E-state index contributed by atoms with van der Waals surface area (Å²) in [6, 6.07) is 7.80. The number of methoxy groups -OCH3 is 1. The van der Waals surface area contributed by atoms with E-state index in [1.54, 1.807) is 19.5 Å². The minimum Gasteiger partial charge on any atom is -0.497 e. The highest BCUT2D eigenvalue weighted by Gasteiger charge is 2.10. The first-order chi connectivity index (χ1) is 9.48. The fourth-order valence-electron chi connectivity index (χ4n) is 1.68. The summed E-state index contributed by atoms with van der Waals surface area (Å²) in [5, 5.41) is 3.11. The number of nitrogens with two attached hydrogens (primary N) is 1. The fourth-order valence-corrected chi connectivity index (χ4v) is 1.68. The number of rotatable bonds is 5. The van der Waals surface area contributed by atoms with E-state index in [1.165, 1.54) is 0 Å². The molecule has 0 amide bonds. The first-order valence-corrected chi connectivity index (χ1v) is 6.47. The standard InChI is InChI=1S/C15H20N4O/c1-15(2,16)10-19-14-17-8-12(9-18-14)11-5-4-6-13(7-11)20-3/h4-9H,10,16H2,1-3H3,(H,17,18,19). The lowest BCUT2D eigenvalue weighted by Gasteiger charge is -2.18. The average molecular weight is 272 g/mol. The fraction of sp³-hybridized carbons (Fsp3) is 0.333. The zero-order valence-corrected chi connectivity index (χ0v) is 12.1. The predicted octanol–water partition coefficient (Wildman–Crippen LogP) is 2.30. The Morgan fingerprint density at radius 2 is 1.90 bits per heavy atom. The molecule has 2 aromatic rings. The SMILES string of the molecule is COc1cccc(-c2cnc(NCC(C)(C)N)nc2)c1. The van der Waals surface area contributed by atoms with E-state index in [1.807, 2.05) is 38.1 Å². The van der Waals surface area contributed by atoms with Crippen LogP contribution in [0.4, 0.5) is 5.95 Å².